The molecule has 1 aromatic heterocycles. The average Bonchev–Trinajstić information content (AvgIpc) is 2.72. The van der Waals surface area contributed by atoms with Crippen molar-refractivity contribution in [2.24, 2.45) is 0 Å². The van der Waals surface area contributed by atoms with E-state index in [9.17, 15) is 5.11 Å². The van der Waals surface area contributed by atoms with E-state index >= 15 is 0 Å². The fourth-order valence-electron chi connectivity index (χ4n) is 2.12. The highest BCUT2D eigenvalue weighted by Crippen LogP contribution is 2.28. The molecule has 0 bridgehead atoms. The summed E-state index contributed by atoms with van der Waals surface area (Å²) in [7, 11) is 4.10. The molecule has 6 heteroatoms. The van der Waals surface area contributed by atoms with E-state index in [1.807, 2.05) is 21.0 Å². The molecule has 0 aromatic carbocycles. The lowest BCUT2D eigenvalue weighted by atomic mass is 10.2. The van der Waals surface area contributed by atoms with Crippen LogP contribution in [-0.2, 0) is 0 Å². The number of likely N-dealkylation sites (N-methyl/N-ethyl adjacent to an activating group) is 1. The SMILES string of the molecule is Cc1nnc(N2CC(O)CC2CN(C)C)s1. The maximum absolute atomic E-state index is 9.75. The molecule has 1 aromatic rings. The van der Waals surface area contributed by atoms with Gasteiger partial charge in [-0.25, -0.2) is 0 Å². The maximum Gasteiger partial charge on any atom is 0.208 e. The van der Waals surface area contributed by atoms with Crippen LogP contribution in [0.3, 0.4) is 0 Å². The minimum atomic E-state index is -0.242. The molecule has 0 aliphatic carbocycles. The zero-order chi connectivity index (χ0) is 11.7. The molecule has 1 N–H and O–H groups in total. The summed E-state index contributed by atoms with van der Waals surface area (Å²) in [6.07, 6.45) is 0.575. The van der Waals surface area contributed by atoms with E-state index in [1.54, 1.807) is 11.3 Å². The van der Waals surface area contributed by atoms with Crippen LogP contribution in [-0.4, -0.2) is 59.5 Å². The van der Waals surface area contributed by atoms with Gasteiger partial charge in [-0.15, -0.1) is 10.2 Å². The van der Waals surface area contributed by atoms with Crippen molar-refractivity contribution in [3.63, 3.8) is 0 Å². The summed E-state index contributed by atoms with van der Waals surface area (Å²) in [6, 6.07) is 0.345. The van der Waals surface area contributed by atoms with Gasteiger partial charge in [0.15, 0.2) is 0 Å². The highest BCUT2D eigenvalue weighted by atomic mass is 32.1. The molecule has 1 aliphatic heterocycles. The topological polar surface area (TPSA) is 52.5 Å². The van der Waals surface area contributed by atoms with Crippen molar-refractivity contribution in [3.8, 4) is 0 Å². The van der Waals surface area contributed by atoms with Gasteiger partial charge in [0.05, 0.1) is 6.10 Å². The Morgan fingerprint density at radius 1 is 1.50 bits per heavy atom. The Morgan fingerprint density at radius 2 is 2.25 bits per heavy atom. The number of anilines is 1. The second kappa shape index (κ2) is 4.65. The van der Waals surface area contributed by atoms with Gasteiger partial charge >= 0.3 is 0 Å². The van der Waals surface area contributed by atoms with Crippen molar-refractivity contribution in [2.45, 2.75) is 25.5 Å². The average molecular weight is 242 g/mol. The Morgan fingerprint density at radius 3 is 2.81 bits per heavy atom. The zero-order valence-electron chi connectivity index (χ0n) is 9.92. The van der Waals surface area contributed by atoms with Crippen LogP contribution in [0.25, 0.3) is 0 Å². The number of aliphatic hydroxyl groups excluding tert-OH is 1. The zero-order valence-corrected chi connectivity index (χ0v) is 10.7. The molecule has 1 fully saturated rings. The van der Waals surface area contributed by atoms with Gasteiger partial charge in [0.25, 0.3) is 0 Å². The van der Waals surface area contributed by atoms with Crippen molar-refractivity contribution >= 4 is 16.5 Å². The van der Waals surface area contributed by atoms with Gasteiger partial charge in [-0.3, -0.25) is 0 Å². The molecule has 1 aliphatic rings. The van der Waals surface area contributed by atoms with Crippen LogP contribution in [0, 0.1) is 6.92 Å². The van der Waals surface area contributed by atoms with Gasteiger partial charge in [0, 0.05) is 19.1 Å². The maximum atomic E-state index is 9.75. The van der Waals surface area contributed by atoms with Crippen LogP contribution in [0.5, 0.6) is 0 Å². The Bertz CT molecular complexity index is 354. The minimum absolute atomic E-state index is 0.242. The van der Waals surface area contributed by atoms with Gasteiger partial charge < -0.3 is 14.9 Å². The smallest absolute Gasteiger partial charge is 0.208 e. The first-order valence-electron chi connectivity index (χ1n) is 5.46. The summed E-state index contributed by atoms with van der Waals surface area (Å²) in [5.41, 5.74) is 0. The Hall–Kier alpha value is -0.720. The van der Waals surface area contributed by atoms with E-state index in [0.717, 1.165) is 23.1 Å². The molecule has 90 valence electrons. The molecule has 16 heavy (non-hydrogen) atoms. The van der Waals surface area contributed by atoms with Crippen molar-refractivity contribution < 1.29 is 5.11 Å². The van der Waals surface area contributed by atoms with E-state index in [4.69, 9.17) is 0 Å². The first-order chi connectivity index (χ1) is 7.56. The van der Waals surface area contributed by atoms with E-state index in [-0.39, 0.29) is 6.10 Å². The van der Waals surface area contributed by atoms with Crippen LogP contribution in [0.15, 0.2) is 0 Å². The summed E-state index contributed by atoms with van der Waals surface area (Å²) in [4.78, 5) is 4.32. The van der Waals surface area contributed by atoms with E-state index in [0.29, 0.717) is 12.6 Å². The third-order valence-corrected chi connectivity index (χ3v) is 3.61. The molecule has 0 spiro atoms. The lowest BCUT2D eigenvalue weighted by molar-refractivity contribution is 0.191. The fourth-order valence-corrected chi connectivity index (χ4v) is 2.89. The van der Waals surface area contributed by atoms with E-state index < -0.39 is 0 Å². The number of nitrogens with zero attached hydrogens (tertiary/aromatic N) is 4. The van der Waals surface area contributed by atoms with Gasteiger partial charge in [-0.1, -0.05) is 11.3 Å². The van der Waals surface area contributed by atoms with E-state index in [2.05, 4.69) is 20.0 Å². The highest BCUT2D eigenvalue weighted by molar-refractivity contribution is 7.15. The van der Waals surface area contributed by atoms with E-state index in [1.165, 1.54) is 0 Å². The Balaban J connectivity index is 2.12. The minimum Gasteiger partial charge on any atom is -0.391 e. The number of aromatic nitrogens is 2. The molecule has 2 unspecified atom stereocenters. The molecule has 0 saturated carbocycles. The highest BCUT2D eigenvalue weighted by Gasteiger charge is 2.33. The number of hydrogen-bond acceptors (Lipinski definition) is 6. The lowest BCUT2D eigenvalue weighted by Crippen LogP contribution is -2.37. The number of aryl methyl sites for hydroxylation is 1. The Labute approximate surface area is 99.7 Å². The molecule has 5 nitrogen and oxygen atoms in total. The summed E-state index contributed by atoms with van der Waals surface area (Å²) in [5.74, 6) is 0. The van der Waals surface area contributed by atoms with Gasteiger partial charge in [-0.05, 0) is 27.4 Å². The molecule has 1 saturated heterocycles. The monoisotopic (exact) mass is 242 g/mol. The summed E-state index contributed by atoms with van der Waals surface area (Å²) in [6.45, 7) is 3.57. The van der Waals surface area contributed by atoms with Crippen LogP contribution in [0.2, 0.25) is 0 Å². The second-order valence-electron chi connectivity index (χ2n) is 4.56. The van der Waals surface area contributed by atoms with Crippen LogP contribution >= 0.6 is 11.3 Å². The molecular weight excluding hydrogens is 224 g/mol. The normalized spacial score (nSPS) is 25.7. The molecule has 2 atom stereocenters. The largest absolute Gasteiger partial charge is 0.391 e. The Kier molecular flexibility index (Phi) is 3.41. The standard InChI is InChI=1S/C10H18N4OS/c1-7-11-12-10(16-7)14-6-9(15)4-8(14)5-13(2)3/h8-9,15H,4-6H2,1-3H3. The summed E-state index contributed by atoms with van der Waals surface area (Å²) in [5, 5.41) is 19.8. The fraction of sp³-hybridized carbons (Fsp3) is 0.800. The van der Waals surface area contributed by atoms with Gasteiger partial charge in [0.2, 0.25) is 5.13 Å². The third kappa shape index (κ3) is 2.50. The van der Waals surface area contributed by atoms with Crippen molar-refractivity contribution in [2.75, 3.05) is 32.1 Å². The molecular formula is C10H18N4OS. The van der Waals surface area contributed by atoms with Gasteiger partial charge in [-0.2, -0.15) is 0 Å². The van der Waals surface area contributed by atoms with Crippen LogP contribution in [0.4, 0.5) is 5.13 Å². The summed E-state index contributed by atoms with van der Waals surface area (Å²) < 4.78 is 0. The predicted octanol–water partition coefficient (Wildman–Crippen LogP) is 0.348. The molecule has 2 rings (SSSR count). The van der Waals surface area contributed by atoms with Crippen LogP contribution in [0.1, 0.15) is 11.4 Å². The molecule has 0 amide bonds. The number of rotatable bonds is 3. The number of aliphatic hydroxyl groups is 1. The molecule has 2 heterocycles. The number of hydrogen-bond donors (Lipinski definition) is 1. The second-order valence-corrected chi connectivity index (χ2v) is 5.72. The lowest BCUT2D eigenvalue weighted by Gasteiger charge is -2.25. The predicted molar refractivity (Wildman–Crippen MR) is 65.0 cm³/mol. The third-order valence-electron chi connectivity index (χ3n) is 2.73. The van der Waals surface area contributed by atoms with Crippen molar-refractivity contribution in [1.29, 1.82) is 0 Å². The number of β-amino-alcohol motifs (C(OH)–C–C–N with tert-alkyl or cyclic N) is 1. The van der Waals surface area contributed by atoms with Crippen molar-refractivity contribution in [1.82, 2.24) is 15.1 Å². The first kappa shape index (κ1) is 11.8. The quantitative estimate of drug-likeness (QED) is 0.829. The van der Waals surface area contributed by atoms with Crippen LogP contribution < -0.4 is 4.90 Å². The summed E-state index contributed by atoms with van der Waals surface area (Å²) >= 11 is 1.59. The van der Waals surface area contributed by atoms with Gasteiger partial charge in [0.1, 0.15) is 5.01 Å². The first-order valence-corrected chi connectivity index (χ1v) is 6.27. The van der Waals surface area contributed by atoms with Crippen molar-refractivity contribution in [3.05, 3.63) is 5.01 Å². The molecule has 0 radical (unpaired) electrons.